The summed E-state index contributed by atoms with van der Waals surface area (Å²) in [6, 6.07) is 0.553. The smallest absolute Gasteiger partial charge is 0.373 e. The maximum Gasteiger partial charge on any atom is 0.373 e. The van der Waals surface area contributed by atoms with Crippen molar-refractivity contribution in [3.8, 4) is 0 Å². The van der Waals surface area contributed by atoms with Crippen LogP contribution in [0.1, 0.15) is 31.7 Å². The fourth-order valence-corrected chi connectivity index (χ4v) is 2.47. The molecule has 0 amide bonds. The van der Waals surface area contributed by atoms with Crippen molar-refractivity contribution in [1.82, 2.24) is 15.0 Å². The summed E-state index contributed by atoms with van der Waals surface area (Å²) in [6.07, 6.45) is 6.52. The first-order chi connectivity index (χ1) is 8.56. The Labute approximate surface area is 105 Å². The minimum absolute atomic E-state index is 0.0410. The summed E-state index contributed by atoms with van der Waals surface area (Å²) < 4.78 is 1.69. The molecule has 7 nitrogen and oxygen atoms in total. The molecule has 98 valence electrons. The highest BCUT2D eigenvalue weighted by Gasteiger charge is 2.25. The van der Waals surface area contributed by atoms with E-state index in [4.69, 9.17) is 0 Å². The predicted octanol–water partition coefficient (Wildman–Crippen LogP) is 0.975. The molecule has 1 aliphatic rings. The van der Waals surface area contributed by atoms with Crippen molar-refractivity contribution < 1.29 is 9.95 Å². The molecule has 0 spiro atoms. The molecule has 1 aromatic rings. The van der Waals surface area contributed by atoms with Gasteiger partial charge in [0.15, 0.2) is 0 Å². The van der Waals surface area contributed by atoms with E-state index >= 15 is 0 Å². The zero-order valence-electron chi connectivity index (χ0n) is 10.3. The summed E-state index contributed by atoms with van der Waals surface area (Å²) in [6.45, 7) is 1.71. The first-order valence-electron chi connectivity index (χ1n) is 6.19. The van der Waals surface area contributed by atoms with Gasteiger partial charge in [-0.05, 0) is 38.5 Å². The molecule has 18 heavy (non-hydrogen) atoms. The van der Waals surface area contributed by atoms with E-state index in [1.165, 1.54) is 12.4 Å². The Kier molecular flexibility index (Phi) is 3.98. The summed E-state index contributed by atoms with van der Waals surface area (Å²) in [5.41, 5.74) is 0.0410. The van der Waals surface area contributed by atoms with Gasteiger partial charge in [-0.3, -0.25) is 14.8 Å². The van der Waals surface area contributed by atoms with E-state index in [9.17, 15) is 15.1 Å². The van der Waals surface area contributed by atoms with Crippen molar-refractivity contribution in [2.75, 3.05) is 0 Å². The van der Waals surface area contributed by atoms with Gasteiger partial charge in [0.2, 0.25) is 0 Å². The van der Waals surface area contributed by atoms with Gasteiger partial charge in [0, 0.05) is 0 Å². The van der Waals surface area contributed by atoms with E-state index in [-0.39, 0.29) is 11.7 Å². The van der Waals surface area contributed by atoms with Gasteiger partial charge in [-0.15, -0.1) is 0 Å². The molecule has 8 heteroatoms. The van der Waals surface area contributed by atoms with Crippen molar-refractivity contribution >= 4 is 12.7 Å². The first-order valence-corrected chi connectivity index (χ1v) is 6.19. The van der Waals surface area contributed by atoms with Gasteiger partial charge in [0.05, 0.1) is 11.0 Å². The Bertz CT molecular complexity index is 415. The van der Waals surface area contributed by atoms with Crippen LogP contribution in [0.5, 0.6) is 0 Å². The molecule has 0 radical (unpaired) electrons. The zero-order chi connectivity index (χ0) is 13.1. The van der Waals surface area contributed by atoms with Crippen LogP contribution in [0.3, 0.4) is 0 Å². The highest BCUT2D eigenvalue weighted by molar-refractivity contribution is 6.45. The second-order valence-corrected chi connectivity index (χ2v) is 4.78. The Hall–Kier alpha value is -1.41. The molecule has 0 atom stereocenters. The quantitative estimate of drug-likeness (QED) is 0.473. The molecule has 0 unspecified atom stereocenters. The van der Waals surface area contributed by atoms with Gasteiger partial charge in [0.25, 0.3) is 0 Å². The average molecular weight is 252 g/mol. The molecule has 2 rings (SSSR count). The molecule has 0 saturated heterocycles. The van der Waals surface area contributed by atoms with Crippen molar-refractivity contribution in [2.24, 2.45) is 0 Å². The number of hydrogen-bond donors (Lipinski definition) is 2. The lowest BCUT2D eigenvalue weighted by atomic mass is 9.82. The third kappa shape index (κ3) is 3.08. The maximum absolute atomic E-state index is 10.6. The molecule has 1 saturated carbocycles. The van der Waals surface area contributed by atoms with E-state index in [1.54, 1.807) is 11.5 Å². The van der Waals surface area contributed by atoms with E-state index in [1.807, 2.05) is 0 Å². The average Bonchev–Trinajstić information content (AvgIpc) is 2.78. The van der Waals surface area contributed by atoms with Crippen molar-refractivity contribution in [3.05, 3.63) is 22.5 Å². The molecule has 0 bridgehead atoms. The lowest BCUT2D eigenvalue weighted by Crippen LogP contribution is -2.42. The van der Waals surface area contributed by atoms with Crippen LogP contribution in [0.15, 0.2) is 12.4 Å². The van der Waals surface area contributed by atoms with E-state index in [2.05, 4.69) is 10.3 Å². The maximum atomic E-state index is 10.6. The van der Waals surface area contributed by atoms with Crippen LogP contribution >= 0.6 is 0 Å². The van der Waals surface area contributed by atoms with Crippen LogP contribution in [-0.2, 0) is 0 Å². The number of rotatable bonds is 4. The Morgan fingerprint density at radius 3 is 2.72 bits per heavy atom. The number of nitrogens with one attached hydrogen (secondary N) is 1. The summed E-state index contributed by atoms with van der Waals surface area (Å²) in [5.74, 6) is 0. The number of aromatic nitrogens is 2. The van der Waals surface area contributed by atoms with Crippen LogP contribution in [0.4, 0.5) is 5.69 Å². The zero-order valence-corrected chi connectivity index (χ0v) is 10.3. The second kappa shape index (κ2) is 5.49. The van der Waals surface area contributed by atoms with Gasteiger partial charge in [-0.25, -0.2) is 0 Å². The monoisotopic (exact) mass is 252 g/mol. The predicted molar refractivity (Wildman–Crippen MR) is 67.1 cm³/mol. The summed E-state index contributed by atoms with van der Waals surface area (Å²) >= 11 is 0. The minimum atomic E-state index is -0.489. The fraction of sp³-hybridized carbons (Fsp3) is 0.700. The van der Waals surface area contributed by atoms with Crippen LogP contribution in [-0.4, -0.2) is 32.8 Å². The SMILES string of the molecule is CB(O)NC1CCC(n2cc([N+](=O)[O-])cn2)CC1. The third-order valence-electron chi connectivity index (χ3n) is 3.35. The Morgan fingerprint density at radius 1 is 1.56 bits per heavy atom. The van der Waals surface area contributed by atoms with Crippen LogP contribution in [0.25, 0.3) is 0 Å². The van der Waals surface area contributed by atoms with Gasteiger partial charge >= 0.3 is 12.7 Å². The van der Waals surface area contributed by atoms with E-state index in [0.29, 0.717) is 6.04 Å². The molecular formula is C10H17BN4O3. The van der Waals surface area contributed by atoms with Crippen molar-refractivity contribution in [3.63, 3.8) is 0 Å². The number of nitro groups is 1. The third-order valence-corrected chi connectivity index (χ3v) is 3.35. The van der Waals surface area contributed by atoms with Gasteiger partial charge < -0.3 is 10.3 Å². The highest BCUT2D eigenvalue weighted by Crippen LogP contribution is 2.29. The largest absolute Gasteiger partial charge is 0.437 e. The number of nitrogens with zero attached hydrogens (tertiary/aromatic N) is 3. The van der Waals surface area contributed by atoms with Crippen molar-refractivity contribution in [2.45, 2.75) is 44.6 Å². The van der Waals surface area contributed by atoms with Crippen LogP contribution in [0.2, 0.25) is 6.82 Å². The molecule has 1 heterocycles. The van der Waals surface area contributed by atoms with Crippen LogP contribution < -0.4 is 5.23 Å². The second-order valence-electron chi connectivity index (χ2n) is 4.78. The number of hydrogen-bond acceptors (Lipinski definition) is 5. The van der Waals surface area contributed by atoms with Gasteiger partial charge in [-0.2, -0.15) is 5.10 Å². The van der Waals surface area contributed by atoms with Gasteiger partial charge in [0.1, 0.15) is 12.4 Å². The summed E-state index contributed by atoms with van der Waals surface area (Å²) in [4.78, 5) is 10.2. The highest BCUT2D eigenvalue weighted by atomic mass is 16.6. The standard InChI is InChI=1S/C10H17BN4O3/c1-11(16)13-8-2-4-9(5-3-8)14-7-10(6-12-14)15(17)18/h6-9,13,16H,2-5H2,1H3. The van der Waals surface area contributed by atoms with Crippen LogP contribution in [0, 0.1) is 10.1 Å². The minimum Gasteiger partial charge on any atom is -0.437 e. The lowest BCUT2D eigenvalue weighted by Gasteiger charge is -2.29. The summed E-state index contributed by atoms with van der Waals surface area (Å²) in [5, 5.41) is 27.0. The first kappa shape index (κ1) is 13.0. The van der Waals surface area contributed by atoms with E-state index < -0.39 is 12.0 Å². The van der Waals surface area contributed by atoms with Gasteiger partial charge in [-0.1, -0.05) is 0 Å². The molecule has 1 fully saturated rings. The Morgan fingerprint density at radius 2 is 2.22 bits per heavy atom. The molecule has 0 aliphatic heterocycles. The lowest BCUT2D eigenvalue weighted by molar-refractivity contribution is -0.385. The molecule has 2 N–H and O–H groups in total. The Balaban J connectivity index is 1.90. The molecular weight excluding hydrogens is 235 g/mol. The topological polar surface area (TPSA) is 93.2 Å². The molecule has 1 aliphatic carbocycles. The summed E-state index contributed by atoms with van der Waals surface area (Å²) in [7, 11) is -0.489. The fourth-order valence-electron chi connectivity index (χ4n) is 2.47. The van der Waals surface area contributed by atoms with E-state index in [0.717, 1.165) is 25.7 Å². The normalized spacial score (nSPS) is 23.9. The van der Waals surface area contributed by atoms with Crippen molar-refractivity contribution in [1.29, 1.82) is 0 Å². The molecule has 1 aromatic heterocycles. The molecule has 0 aromatic carbocycles.